The van der Waals surface area contributed by atoms with Crippen LogP contribution in [-0.4, -0.2) is 12.6 Å². The van der Waals surface area contributed by atoms with E-state index in [1.807, 2.05) is 37.3 Å². The summed E-state index contributed by atoms with van der Waals surface area (Å²) in [6.07, 6.45) is 0. The molecule has 0 saturated heterocycles. The topological polar surface area (TPSA) is 35.5 Å². The Bertz CT molecular complexity index is 749. The summed E-state index contributed by atoms with van der Waals surface area (Å²) in [6, 6.07) is 11.3. The number of rotatable bonds is 4. The molecule has 0 spiro atoms. The lowest BCUT2D eigenvalue weighted by Gasteiger charge is -2.23. The first kappa shape index (κ1) is 19.0. The van der Waals surface area contributed by atoms with Crippen LogP contribution in [0, 0.1) is 6.92 Å². The van der Waals surface area contributed by atoms with E-state index >= 15 is 0 Å². The Morgan fingerprint density at radius 1 is 1.04 bits per heavy atom. The van der Waals surface area contributed by atoms with Gasteiger partial charge in [0.25, 0.3) is 0 Å². The summed E-state index contributed by atoms with van der Waals surface area (Å²) in [7, 11) is 0. The second-order valence-corrected chi connectivity index (χ2v) is 8.36. The molecular weight excluding hydrogens is 436 g/mol. The van der Waals surface area contributed by atoms with Crippen LogP contribution in [0.3, 0.4) is 0 Å². The Morgan fingerprint density at radius 3 is 2.33 bits per heavy atom. The minimum atomic E-state index is -0.442. The highest BCUT2D eigenvalue weighted by Crippen LogP contribution is 2.33. The summed E-state index contributed by atoms with van der Waals surface area (Å²) in [4.78, 5) is 12.1. The summed E-state index contributed by atoms with van der Waals surface area (Å²) in [5.74, 6) is 0.731. The third kappa shape index (κ3) is 5.08. The number of hydrogen-bond donors (Lipinski definition) is 0. The molecule has 0 aliphatic carbocycles. The van der Waals surface area contributed by atoms with E-state index in [9.17, 15) is 4.79 Å². The number of aryl methyl sites for hydroxylation is 1. The number of ether oxygens (including phenoxy) is 2. The number of carbonyl (C=O) groups excluding carboxylic acids is 1. The van der Waals surface area contributed by atoms with Crippen molar-refractivity contribution in [1.82, 2.24) is 0 Å². The maximum absolute atomic E-state index is 12.1. The molecule has 0 radical (unpaired) electrons. The van der Waals surface area contributed by atoms with Crippen molar-refractivity contribution in [3.05, 3.63) is 56.5 Å². The predicted octanol–water partition coefficient (Wildman–Crippen LogP) is 5.80. The molecule has 0 N–H and O–H groups in total. The lowest BCUT2D eigenvalue weighted by atomic mass is 9.86. The lowest BCUT2D eigenvalue weighted by Crippen LogP contribution is -2.20. The Labute approximate surface area is 159 Å². The fraction of sp³-hybridized carbons (Fsp3) is 0.316. The van der Waals surface area contributed by atoms with E-state index in [1.54, 1.807) is 6.07 Å². The summed E-state index contributed by atoms with van der Waals surface area (Å²) < 4.78 is 12.8. The van der Waals surface area contributed by atoms with E-state index in [-0.39, 0.29) is 12.0 Å². The standard InChI is InChI=1S/C19H20Br2O3/c1-12-5-7-17(15(21)9-12)24-18(22)11-23-16-8-6-13(20)10-14(16)19(2,3)4/h5-10H,11H2,1-4H3. The molecular formula is C19H20Br2O3. The van der Waals surface area contributed by atoms with Crippen LogP contribution < -0.4 is 9.47 Å². The van der Waals surface area contributed by atoms with Gasteiger partial charge in [-0.3, -0.25) is 0 Å². The maximum atomic E-state index is 12.1. The van der Waals surface area contributed by atoms with E-state index in [4.69, 9.17) is 9.47 Å². The van der Waals surface area contributed by atoms with Crippen LogP contribution >= 0.6 is 31.9 Å². The minimum Gasteiger partial charge on any atom is -0.482 e. The summed E-state index contributed by atoms with van der Waals surface area (Å²) in [5.41, 5.74) is 2.02. The number of halogens is 2. The highest BCUT2D eigenvalue weighted by Gasteiger charge is 2.20. The van der Waals surface area contributed by atoms with Crippen LogP contribution in [0.25, 0.3) is 0 Å². The highest BCUT2D eigenvalue weighted by atomic mass is 79.9. The molecule has 0 amide bonds. The second-order valence-electron chi connectivity index (χ2n) is 6.59. The molecule has 24 heavy (non-hydrogen) atoms. The summed E-state index contributed by atoms with van der Waals surface area (Å²) >= 11 is 6.87. The van der Waals surface area contributed by atoms with Crippen molar-refractivity contribution in [3.63, 3.8) is 0 Å². The van der Waals surface area contributed by atoms with Gasteiger partial charge in [-0.2, -0.15) is 0 Å². The fourth-order valence-electron chi connectivity index (χ4n) is 2.19. The van der Waals surface area contributed by atoms with Crippen molar-refractivity contribution in [3.8, 4) is 11.5 Å². The monoisotopic (exact) mass is 454 g/mol. The fourth-order valence-corrected chi connectivity index (χ4v) is 3.13. The average molecular weight is 456 g/mol. The van der Waals surface area contributed by atoms with Crippen LogP contribution in [0.1, 0.15) is 31.9 Å². The second kappa shape index (κ2) is 7.70. The van der Waals surface area contributed by atoms with Crippen molar-refractivity contribution in [1.29, 1.82) is 0 Å². The largest absolute Gasteiger partial charge is 0.482 e. The molecule has 0 fully saturated rings. The molecule has 2 aromatic carbocycles. The van der Waals surface area contributed by atoms with Gasteiger partial charge >= 0.3 is 5.97 Å². The lowest BCUT2D eigenvalue weighted by molar-refractivity contribution is -0.136. The normalized spacial score (nSPS) is 11.2. The zero-order valence-electron chi connectivity index (χ0n) is 14.2. The van der Waals surface area contributed by atoms with Crippen molar-refractivity contribution in [2.75, 3.05) is 6.61 Å². The number of benzene rings is 2. The van der Waals surface area contributed by atoms with Crippen LogP contribution in [0.5, 0.6) is 11.5 Å². The third-order valence-corrected chi connectivity index (χ3v) is 4.52. The van der Waals surface area contributed by atoms with E-state index < -0.39 is 5.97 Å². The van der Waals surface area contributed by atoms with Gasteiger partial charge in [0.1, 0.15) is 11.5 Å². The SMILES string of the molecule is Cc1ccc(OC(=O)COc2ccc(Br)cc2C(C)(C)C)c(Br)c1. The van der Waals surface area contributed by atoms with Crippen LogP contribution in [0.15, 0.2) is 45.3 Å². The molecule has 0 saturated carbocycles. The smallest absolute Gasteiger partial charge is 0.349 e. The third-order valence-electron chi connectivity index (χ3n) is 3.41. The zero-order chi connectivity index (χ0) is 17.9. The molecule has 0 heterocycles. The number of esters is 1. The Morgan fingerprint density at radius 2 is 1.71 bits per heavy atom. The first-order valence-electron chi connectivity index (χ1n) is 7.56. The van der Waals surface area contributed by atoms with E-state index in [0.717, 1.165) is 20.1 Å². The number of hydrogen-bond acceptors (Lipinski definition) is 3. The molecule has 0 bridgehead atoms. The molecule has 3 nitrogen and oxygen atoms in total. The molecule has 0 atom stereocenters. The summed E-state index contributed by atoms with van der Waals surface area (Å²) in [5, 5.41) is 0. The first-order valence-corrected chi connectivity index (χ1v) is 9.15. The molecule has 0 unspecified atom stereocenters. The van der Waals surface area contributed by atoms with E-state index in [0.29, 0.717) is 11.5 Å². The average Bonchev–Trinajstić information content (AvgIpc) is 2.48. The number of carbonyl (C=O) groups is 1. The van der Waals surface area contributed by atoms with Crippen molar-refractivity contribution >= 4 is 37.8 Å². The molecule has 5 heteroatoms. The van der Waals surface area contributed by atoms with Crippen LogP contribution in [0.2, 0.25) is 0 Å². The van der Waals surface area contributed by atoms with Crippen molar-refractivity contribution in [2.24, 2.45) is 0 Å². The zero-order valence-corrected chi connectivity index (χ0v) is 17.3. The van der Waals surface area contributed by atoms with Crippen molar-refractivity contribution < 1.29 is 14.3 Å². The predicted molar refractivity (Wildman–Crippen MR) is 103 cm³/mol. The quantitative estimate of drug-likeness (QED) is 0.431. The van der Waals surface area contributed by atoms with E-state index in [2.05, 4.69) is 52.6 Å². The van der Waals surface area contributed by atoms with Gasteiger partial charge in [0.15, 0.2) is 6.61 Å². The minimum absolute atomic E-state index is 0.0942. The van der Waals surface area contributed by atoms with Crippen LogP contribution in [0.4, 0.5) is 0 Å². The van der Waals surface area contributed by atoms with Gasteiger partial charge in [0.2, 0.25) is 0 Å². The van der Waals surface area contributed by atoms with Gasteiger partial charge < -0.3 is 9.47 Å². The molecule has 2 aromatic rings. The van der Waals surface area contributed by atoms with Gasteiger partial charge in [0.05, 0.1) is 4.47 Å². The van der Waals surface area contributed by atoms with Crippen LogP contribution in [-0.2, 0) is 10.2 Å². The van der Waals surface area contributed by atoms with E-state index in [1.165, 1.54) is 0 Å². The molecule has 0 aliphatic heterocycles. The highest BCUT2D eigenvalue weighted by molar-refractivity contribution is 9.10. The van der Waals surface area contributed by atoms with Gasteiger partial charge in [-0.25, -0.2) is 4.79 Å². The molecule has 0 aromatic heterocycles. The Hall–Kier alpha value is -1.33. The molecule has 128 valence electrons. The maximum Gasteiger partial charge on any atom is 0.349 e. The van der Waals surface area contributed by atoms with Gasteiger partial charge in [-0.15, -0.1) is 0 Å². The Kier molecular flexibility index (Phi) is 6.10. The van der Waals surface area contributed by atoms with Gasteiger partial charge in [-0.1, -0.05) is 42.8 Å². The van der Waals surface area contributed by atoms with Gasteiger partial charge in [0, 0.05) is 10.0 Å². The van der Waals surface area contributed by atoms with Gasteiger partial charge in [-0.05, 0) is 64.2 Å². The molecule has 2 rings (SSSR count). The molecule has 0 aliphatic rings. The first-order chi connectivity index (χ1) is 11.2. The summed E-state index contributed by atoms with van der Waals surface area (Å²) in [6.45, 7) is 8.13. The Balaban J connectivity index is 2.07. The van der Waals surface area contributed by atoms with Crippen molar-refractivity contribution in [2.45, 2.75) is 33.1 Å².